The highest BCUT2D eigenvalue weighted by atomic mass is 16.5. The van der Waals surface area contributed by atoms with Gasteiger partial charge in [0.2, 0.25) is 0 Å². The summed E-state index contributed by atoms with van der Waals surface area (Å²) in [5, 5.41) is 11.3. The molecule has 0 saturated carbocycles. The molecule has 2 aromatic rings. The Morgan fingerprint density at radius 1 is 1.32 bits per heavy atom. The van der Waals surface area contributed by atoms with Gasteiger partial charge in [-0.15, -0.1) is 0 Å². The molecule has 0 unspecified atom stereocenters. The number of aromatic nitrogens is 3. The molecular formula is C20H30N6O2. The van der Waals surface area contributed by atoms with Crippen LogP contribution >= 0.6 is 0 Å². The number of fused-ring (bicyclic) bond motifs is 1. The van der Waals surface area contributed by atoms with Gasteiger partial charge in [0.25, 0.3) is 0 Å². The van der Waals surface area contributed by atoms with Crippen molar-refractivity contribution in [1.82, 2.24) is 25.0 Å². The average molecular weight is 387 g/mol. The van der Waals surface area contributed by atoms with E-state index in [9.17, 15) is 4.79 Å². The number of nitrogens with zero attached hydrogens (tertiary/aromatic N) is 4. The number of ether oxygens (including phenoxy) is 1. The van der Waals surface area contributed by atoms with Crippen molar-refractivity contribution in [2.24, 2.45) is 5.92 Å². The van der Waals surface area contributed by atoms with Crippen LogP contribution in [0.15, 0.2) is 18.5 Å². The zero-order chi connectivity index (χ0) is 19.5. The van der Waals surface area contributed by atoms with Crippen LogP contribution in [-0.2, 0) is 4.74 Å². The van der Waals surface area contributed by atoms with E-state index in [1.54, 1.807) is 12.4 Å². The Bertz CT molecular complexity index is 792. The monoisotopic (exact) mass is 386 g/mol. The van der Waals surface area contributed by atoms with Crippen molar-refractivity contribution in [3.05, 3.63) is 18.5 Å². The second-order valence-corrected chi connectivity index (χ2v) is 8.09. The van der Waals surface area contributed by atoms with Crippen LogP contribution in [0.2, 0.25) is 0 Å². The molecule has 2 aliphatic rings. The van der Waals surface area contributed by atoms with Crippen LogP contribution < -0.4 is 10.6 Å². The van der Waals surface area contributed by atoms with E-state index >= 15 is 0 Å². The number of amides is 2. The van der Waals surface area contributed by atoms with Crippen LogP contribution in [0.3, 0.4) is 0 Å². The van der Waals surface area contributed by atoms with Gasteiger partial charge in [-0.25, -0.2) is 14.5 Å². The van der Waals surface area contributed by atoms with Crippen LogP contribution in [0.1, 0.15) is 39.2 Å². The summed E-state index contributed by atoms with van der Waals surface area (Å²) in [4.78, 5) is 19.5. The van der Waals surface area contributed by atoms with Gasteiger partial charge in [-0.1, -0.05) is 0 Å². The van der Waals surface area contributed by atoms with Gasteiger partial charge in [-0.3, -0.25) is 4.90 Å². The minimum atomic E-state index is -0.194. The number of carbonyl (C=O) groups is 1. The quantitative estimate of drug-likeness (QED) is 0.797. The Morgan fingerprint density at radius 2 is 2.14 bits per heavy atom. The van der Waals surface area contributed by atoms with E-state index in [-0.39, 0.29) is 12.1 Å². The fourth-order valence-corrected chi connectivity index (χ4v) is 4.28. The second-order valence-electron chi connectivity index (χ2n) is 8.09. The molecule has 4 rings (SSSR count). The van der Waals surface area contributed by atoms with Crippen molar-refractivity contribution >= 4 is 22.8 Å². The Morgan fingerprint density at radius 3 is 2.86 bits per heavy atom. The number of pyridine rings is 1. The minimum absolute atomic E-state index is 0.194. The Balaban J connectivity index is 1.37. The summed E-state index contributed by atoms with van der Waals surface area (Å²) in [6.07, 6.45) is 7.03. The molecule has 0 spiro atoms. The summed E-state index contributed by atoms with van der Waals surface area (Å²) in [5.74, 6) is 0.498. The molecule has 0 radical (unpaired) electrons. The maximum absolute atomic E-state index is 12.5. The molecule has 2 saturated heterocycles. The van der Waals surface area contributed by atoms with Gasteiger partial charge in [0.05, 0.1) is 24.7 Å². The zero-order valence-electron chi connectivity index (χ0n) is 16.7. The van der Waals surface area contributed by atoms with E-state index in [1.807, 2.05) is 10.7 Å². The average Bonchev–Trinajstić information content (AvgIpc) is 3.43. The number of hydrogen-bond acceptors (Lipinski definition) is 5. The predicted octanol–water partition coefficient (Wildman–Crippen LogP) is 2.63. The van der Waals surface area contributed by atoms with Crippen molar-refractivity contribution in [2.75, 3.05) is 38.2 Å². The highest BCUT2D eigenvalue weighted by Crippen LogP contribution is 2.24. The van der Waals surface area contributed by atoms with Crippen molar-refractivity contribution in [3.63, 3.8) is 0 Å². The van der Waals surface area contributed by atoms with Crippen LogP contribution in [-0.4, -0.2) is 64.6 Å². The molecule has 0 aromatic carbocycles. The van der Waals surface area contributed by atoms with E-state index in [1.165, 1.54) is 12.8 Å². The Kier molecular flexibility index (Phi) is 5.77. The minimum Gasteiger partial charge on any atom is -0.381 e. The molecule has 2 aromatic heterocycles. The topological polar surface area (TPSA) is 84.3 Å². The Labute approximate surface area is 165 Å². The van der Waals surface area contributed by atoms with Crippen molar-refractivity contribution in [3.8, 4) is 0 Å². The van der Waals surface area contributed by atoms with Gasteiger partial charge in [0.1, 0.15) is 0 Å². The fourth-order valence-electron chi connectivity index (χ4n) is 4.28. The molecule has 2 fully saturated rings. The summed E-state index contributed by atoms with van der Waals surface area (Å²) in [6.45, 7) is 8.64. The molecule has 2 atom stereocenters. The fraction of sp³-hybridized carbons (Fsp3) is 0.650. The molecule has 2 N–H and O–H groups in total. The third-order valence-corrected chi connectivity index (χ3v) is 5.77. The number of anilines is 1. The first kappa shape index (κ1) is 19.1. The van der Waals surface area contributed by atoms with Crippen molar-refractivity contribution in [2.45, 2.75) is 45.2 Å². The van der Waals surface area contributed by atoms with Gasteiger partial charge in [0.15, 0.2) is 5.65 Å². The van der Waals surface area contributed by atoms with Gasteiger partial charge in [-0.2, -0.15) is 5.10 Å². The highest BCUT2D eigenvalue weighted by molar-refractivity contribution is 5.91. The first-order valence-electron chi connectivity index (χ1n) is 10.3. The number of nitrogens with one attached hydrogen (secondary N) is 2. The summed E-state index contributed by atoms with van der Waals surface area (Å²) in [6, 6.07) is 2.31. The summed E-state index contributed by atoms with van der Waals surface area (Å²) >= 11 is 0. The van der Waals surface area contributed by atoms with Crippen LogP contribution in [0, 0.1) is 5.92 Å². The third kappa shape index (κ3) is 4.12. The molecule has 8 nitrogen and oxygen atoms in total. The number of likely N-dealkylation sites (tertiary alicyclic amines) is 1. The van der Waals surface area contributed by atoms with Gasteiger partial charge >= 0.3 is 6.03 Å². The molecule has 28 heavy (non-hydrogen) atoms. The summed E-state index contributed by atoms with van der Waals surface area (Å²) < 4.78 is 7.47. The summed E-state index contributed by atoms with van der Waals surface area (Å²) in [7, 11) is 0. The lowest BCUT2D eigenvalue weighted by Crippen LogP contribution is -2.48. The molecule has 4 heterocycles. The normalized spacial score (nSPS) is 21.5. The largest absolute Gasteiger partial charge is 0.381 e. The van der Waals surface area contributed by atoms with Crippen LogP contribution in [0.5, 0.6) is 0 Å². The van der Waals surface area contributed by atoms with E-state index in [2.05, 4.69) is 39.5 Å². The van der Waals surface area contributed by atoms with E-state index in [0.29, 0.717) is 24.2 Å². The van der Waals surface area contributed by atoms with Crippen LogP contribution in [0.4, 0.5) is 10.5 Å². The Hall–Kier alpha value is -2.19. The molecule has 2 aliphatic heterocycles. The van der Waals surface area contributed by atoms with Gasteiger partial charge < -0.3 is 15.4 Å². The molecule has 2 amide bonds. The lowest BCUT2D eigenvalue weighted by molar-refractivity contribution is 0.135. The lowest BCUT2D eigenvalue weighted by Gasteiger charge is -2.31. The van der Waals surface area contributed by atoms with Gasteiger partial charge in [-0.05, 0) is 52.3 Å². The lowest BCUT2D eigenvalue weighted by atomic mass is 9.97. The van der Waals surface area contributed by atoms with Crippen molar-refractivity contribution in [1.29, 1.82) is 0 Å². The molecule has 152 valence electrons. The van der Waals surface area contributed by atoms with E-state index < -0.39 is 0 Å². The maximum Gasteiger partial charge on any atom is 0.319 e. The first-order valence-corrected chi connectivity index (χ1v) is 10.3. The number of rotatable bonds is 6. The number of urea groups is 1. The van der Waals surface area contributed by atoms with Crippen LogP contribution in [0.25, 0.3) is 11.0 Å². The second kappa shape index (κ2) is 8.45. The standard InChI is InChI=1S/C20H30N6O2/c1-14(2)26-19-16(10-23-26)9-17(11-21-19)24-20(27)22-12-18(15-5-8-28-13-15)25-6-3-4-7-25/h9-11,14-15,18H,3-8,12-13H2,1-2H3,(H2,22,24,27)/t15-,18-/m1/s1. The smallest absolute Gasteiger partial charge is 0.319 e. The predicted molar refractivity (Wildman–Crippen MR) is 108 cm³/mol. The summed E-state index contributed by atoms with van der Waals surface area (Å²) in [5.41, 5.74) is 1.51. The molecular weight excluding hydrogens is 356 g/mol. The third-order valence-electron chi connectivity index (χ3n) is 5.77. The van der Waals surface area contributed by atoms with E-state index in [4.69, 9.17) is 4.74 Å². The molecule has 0 bridgehead atoms. The highest BCUT2D eigenvalue weighted by Gasteiger charge is 2.32. The van der Waals surface area contributed by atoms with Gasteiger partial charge in [0, 0.05) is 36.5 Å². The number of carbonyl (C=O) groups excluding carboxylic acids is 1. The van der Waals surface area contributed by atoms with Crippen molar-refractivity contribution < 1.29 is 9.53 Å². The first-order chi connectivity index (χ1) is 13.6. The van der Waals surface area contributed by atoms with E-state index in [0.717, 1.165) is 43.8 Å². The SMILES string of the molecule is CC(C)n1ncc2cc(NC(=O)NC[C@H]([C@@H]3CCOC3)N3CCCC3)cnc21. The molecule has 0 aliphatic carbocycles. The maximum atomic E-state index is 12.5. The number of hydrogen-bond donors (Lipinski definition) is 2. The molecule has 8 heteroatoms. The zero-order valence-corrected chi connectivity index (χ0v) is 16.7.